The van der Waals surface area contributed by atoms with Gasteiger partial charge in [-0.25, -0.2) is 0 Å². The molecule has 0 aromatic carbocycles. The molecule has 2 atom stereocenters. The highest BCUT2D eigenvalue weighted by Gasteiger charge is 2.21. The number of rotatable bonds is 3. The summed E-state index contributed by atoms with van der Waals surface area (Å²) in [5.74, 6) is 0.144. The number of pyridine rings is 1. The number of nitrogens with two attached hydrogens (primary N) is 1. The summed E-state index contributed by atoms with van der Waals surface area (Å²) >= 11 is 0. The number of fused-ring (bicyclic) bond motifs is 1. The van der Waals surface area contributed by atoms with E-state index in [1.165, 1.54) is 0 Å². The third kappa shape index (κ3) is 2.49. The zero-order valence-electron chi connectivity index (χ0n) is 11.1. The topological polar surface area (TPSA) is 68.2 Å². The average molecular weight is 250 g/mol. The Morgan fingerprint density at radius 2 is 2.22 bits per heavy atom. The first-order valence-corrected chi connectivity index (χ1v) is 6.67. The van der Waals surface area contributed by atoms with Gasteiger partial charge in [-0.15, -0.1) is 0 Å². The molecule has 1 aliphatic carbocycles. The summed E-state index contributed by atoms with van der Waals surface area (Å²) in [7, 11) is 0. The van der Waals surface area contributed by atoms with Gasteiger partial charge in [-0.2, -0.15) is 0 Å². The SMILES string of the molecule is CC(C)C(O)Cn1c2c(ccc1=O)C(N)CCC2. The molecule has 3 N–H and O–H groups in total. The van der Waals surface area contributed by atoms with Crippen LogP contribution in [0.25, 0.3) is 0 Å². The van der Waals surface area contributed by atoms with Gasteiger partial charge in [0.1, 0.15) is 0 Å². The summed E-state index contributed by atoms with van der Waals surface area (Å²) in [6.45, 7) is 4.28. The molecule has 2 unspecified atom stereocenters. The van der Waals surface area contributed by atoms with E-state index in [9.17, 15) is 9.90 Å². The molecule has 1 aromatic rings. The lowest BCUT2D eigenvalue weighted by Gasteiger charge is -2.27. The van der Waals surface area contributed by atoms with E-state index < -0.39 is 6.10 Å². The van der Waals surface area contributed by atoms with E-state index in [1.807, 2.05) is 19.9 Å². The van der Waals surface area contributed by atoms with Gasteiger partial charge >= 0.3 is 0 Å². The first kappa shape index (κ1) is 13.3. The maximum absolute atomic E-state index is 12.0. The number of hydrogen-bond donors (Lipinski definition) is 2. The van der Waals surface area contributed by atoms with Crippen LogP contribution < -0.4 is 11.3 Å². The van der Waals surface area contributed by atoms with Crippen molar-refractivity contribution in [3.05, 3.63) is 33.7 Å². The van der Waals surface area contributed by atoms with E-state index in [2.05, 4.69) is 0 Å². The van der Waals surface area contributed by atoms with Crippen molar-refractivity contribution in [1.29, 1.82) is 0 Å². The molecular weight excluding hydrogens is 228 g/mol. The first-order valence-electron chi connectivity index (χ1n) is 6.67. The van der Waals surface area contributed by atoms with E-state index in [-0.39, 0.29) is 17.5 Å². The van der Waals surface area contributed by atoms with E-state index in [4.69, 9.17) is 5.73 Å². The number of aliphatic hydroxyl groups excluding tert-OH is 1. The molecular formula is C14H22N2O2. The lowest BCUT2D eigenvalue weighted by atomic mass is 9.91. The van der Waals surface area contributed by atoms with Gasteiger partial charge in [0.05, 0.1) is 12.6 Å². The third-order valence-electron chi connectivity index (χ3n) is 3.80. The van der Waals surface area contributed by atoms with Crippen molar-refractivity contribution in [2.45, 2.75) is 51.8 Å². The van der Waals surface area contributed by atoms with Crippen LogP contribution in [0.15, 0.2) is 16.9 Å². The second kappa shape index (κ2) is 5.24. The number of hydrogen-bond acceptors (Lipinski definition) is 3. The molecule has 4 heteroatoms. The molecule has 1 heterocycles. The van der Waals surface area contributed by atoms with E-state index in [1.54, 1.807) is 10.6 Å². The van der Waals surface area contributed by atoms with E-state index in [0.717, 1.165) is 30.5 Å². The van der Waals surface area contributed by atoms with E-state index >= 15 is 0 Å². The Labute approximate surface area is 107 Å². The van der Waals surface area contributed by atoms with Gasteiger partial charge in [-0.05, 0) is 30.7 Å². The van der Waals surface area contributed by atoms with Crippen LogP contribution in [0.2, 0.25) is 0 Å². The summed E-state index contributed by atoms with van der Waals surface area (Å²) in [6.07, 6.45) is 2.37. The van der Waals surface area contributed by atoms with Crippen LogP contribution in [-0.4, -0.2) is 15.8 Å². The molecule has 2 rings (SSSR count). The van der Waals surface area contributed by atoms with Crippen molar-refractivity contribution in [1.82, 2.24) is 4.57 Å². The second-order valence-electron chi connectivity index (χ2n) is 5.49. The minimum absolute atomic E-state index is 0.0248. The van der Waals surface area contributed by atoms with Gasteiger partial charge in [0.25, 0.3) is 5.56 Å². The fraction of sp³-hybridized carbons (Fsp3) is 0.643. The van der Waals surface area contributed by atoms with Crippen LogP contribution in [0.5, 0.6) is 0 Å². The third-order valence-corrected chi connectivity index (χ3v) is 3.80. The maximum Gasteiger partial charge on any atom is 0.250 e. The Morgan fingerprint density at radius 3 is 2.89 bits per heavy atom. The molecule has 0 bridgehead atoms. The fourth-order valence-electron chi connectivity index (χ4n) is 2.50. The molecule has 0 spiro atoms. The maximum atomic E-state index is 12.0. The highest BCUT2D eigenvalue weighted by molar-refractivity contribution is 5.27. The largest absolute Gasteiger partial charge is 0.391 e. The van der Waals surface area contributed by atoms with Gasteiger partial charge in [0.2, 0.25) is 0 Å². The van der Waals surface area contributed by atoms with Crippen molar-refractivity contribution in [3.63, 3.8) is 0 Å². The molecule has 0 saturated heterocycles. The van der Waals surface area contributed by atoms with Gasteiger partial charge in [-0.3, -0.25) is 4.79 Å². The normalized spacial score (nSPS) is 20.8. The number of aliphatic hydroxyl groups is 1. The van der Waals surface area contributed by atoms with Crippen molar-refractivity contribution >= 4 is 0 Å². The van der Waals surface area contributed by atoms with Crippen molar-refractivity contribution in [2.75, 3.05) is 0 Å². The molecule has 0 amide bonds. The van der Waals surface area contributed by atoms with E-state index in [0.29, 0.717) is 6.54 Å². The lowest BCUT2D eigenvalue weighted by molar-refractivity contribution is 0.104. The van der Waals surface area contributed by atoms with Crippen LogP contribution in [0.3, 0.4) is 0 Å². The van der Waals surface area contributed by atoms with Crippen LogP contribution in [0.1, 0.15) is 44.0 Å². The minimum Gasteiger partial charge on any atom is -0.391 e. The van der Waals surface area contributed by atoms with Gasteiger partial charge in [0, 0.05) is 17.8 Å². The molecule has 0 aliphatic heterocycles. The monoisotopic (exact) mass is 250 g/mol. The fourth-order valence-corrected chi connectivity index (χ4v) is 2.50. The summed E-state index contributed by atoms with van der Waals surface area (Å²) < 4.78 is 1.71. The van der Waals surface area contributed by atoms with Crippen molar-refractivity contribution in [2.24, 2.45) is 11.7 Å². The smallest absolute Gasteiger partial charge is 0.250 e. The molecule has 0 radical (unpaired) electrons. The zero-order chi connectivity index (χ0) is 13.3. The predicted molar refractivity (Wildman–Crippen MR) is 71.4 cm³/mol. The molecule has 0 fully saturated rings. The highest BCUT2D eigenvalue weighted by Crippen LogP contribution is 2.26. The Balaban J connectivity index is 2.40. The quantitative estimate of drug-likeness (QED) is 0.847. The van der Waals surface area contributed by atoms with Crippen LogP contribution >= 0.6 is 0 Å². The minimum atomic E-state index is -0.493. The van der Waals surface area contributed by atoms with Crippen molar-refractivity contribution < 1.29 is 5.11 Å². The summed E-state index contributed by atoms with van der Waals surface area (Å²) in [4.78, 5) is 12.0. The molecule has 100 valence electrons. The predicted octanol–water partition coefficient (Wildman–Crippen LogP) is 1.20. The molecule has 18 heavy (non-hydrogen) atoms. The lowest BCUT2D eigenvalue weighted by Crippen LogP contribution is -2.34. The zero-order valence-corrected chi connectivity index (χ0v) is 11.1. The molecule has 1 aromatic heterocycles. The second-order valence-corrected chi connectivity index (χ2v) is 5.49. The summed E-state index contributed by atoms with van der Waals surface area (Å²) in [5, 5.41) is 9.98. The first-order chi connectivity index (χ1) is 8.50. The Bertz CT molecular complexity index is 479. The van der Waals surface area contributed by atoms with Crippen LogP contribution in [-0.2, 0) is 13.0 Å². The average Bonchev–Trinajstić information content (AvgIpc) is 2.32. The number of nitrogens with zero attached hydrogens (tertiary/aromatic N) is 1. The highest BCUT2D eigenvalue weighted by atomic mass is 16.3. The Hall–Kier alpha value is -1.13. The summed E-state index contributed by atoms with van der Waals surface area (Å²) in [6, 6.07) is 3.44. The van der Waals surface area contributed by atoms with Gasteiger partial charge in [0.15, 0.2) is 0 Å². The Morgan fingerprint density at radius 1 is 1.50 bits per heavy atom. The van der Waals surface area contributed by atoms with Crippen molar-refractivity contribution in [3.8, 4) is 0 Å². The Kier molecular flexibility index (Phi) is 3.88. The molecule has 4 nitrogen and oxygen atoms in total. The number of aromatic nitrogens is 1. The summed E-state index contributed by atoms with van der Waals surface area (Å²) in [5.41, 5.74) is 8.12. The molecule has 0 saturated carbocycles. The van der Waals surface area contributed by atoms with Crippen LogP contribution in [0, 0.1) is 5.92 Å². The van der Waals surface area contributed by atoms with Gasteiger partial charge < -0.3 is 15.4 Å². The van der Waals surface area contributed by atoms with Gasteiger partial charge in [-0.1, -0.05) is 19.9 Å². The standard InChI is InChI=1S/C14H22N2O2/c1-9(2)13(17)8-16-12-5-3-4-11(15)10(12)6-7-14(16)18/h6-7,9,11,13,17H,3-5,8,15H2,1-2H3. The molecule has 1 aliphatic rings. The van der Waals surface area contributed by atoms with Crippen LogP contribution in [0.4, 0.5) is 0 Å².